The Balaban J connectivity index is 2.58. The van der Waals surface area contributed by atoms with E-state index in [9.17, 15) is 29.6 Å². The first kappa shape index (κ1) is 16.9. The van der Waals surface area contributed by atoms with Crippen molar-refractivity contribution >= 4 is 29.6 Å². The van der Waals surface area contributed by atoms with Gasteiger partial charge in [0.25, 0.3) is 17.5 Å². The number of nitrogens with zero attached hydrogens (tertiary/aromatic N) is 2. The summed E-state index contributed by atoms with van der Waals surface area (Å²) in [5.41, 5.74) is -1.19. The van der Waals surface area contributed by atoms with Gasteiger partial charge in [-0.05, 0) is 18.6 Å². The van der Waals surface area contributed by atoms with Crippen molar-refractivity contribution in [2.24, 2.45) is 0 Å². The largest absolute Gasteiger partial charge is 0.870 e. The zero-order chi connectivity index (χ0) is 18.0. The van der Waals surface area contributed by atoms with E-state index in [2.05, 4.69) is 0 Å². The molecule has 0 radical (unpaired) electrons. The normalized spacial score (nSPS) is 16.3. The van der Waals surface area contributed by atoms with E-state index in [0.717, 1.165) is 25.3 Å². The Morgan fingerprint density at radius 1 is 1.33 bits per heavy atom. The first-order valence-electron chi connectivity index (χ1n) is 6.73. The molecule has 1 aliphatic heterocycles. The molecule has 1 heterocycles. The van der Waals surface area contributed by atoms with Crippen LogP contribution in [0.4, 0.5) is 10.5 Å². The van der Waals surface area contributed by atoms with Crippen LogP contribution in [0, 0.1) is 10.1 Å². The standard InChI is InChI=1S/C14H13N3O7/c1-3-24-10-6-8(17(22)23)4-7(11(10)18)5-9-12(19)15-14(21)16(2)13(9)20/h4-6,18H,3H2,1-2H3,(H,15,19,21)/p-1/b9-5-. The summed E-state index contributed by atoms with van der Waals surface area (Å²) in [5.74, 6) is -2.90. The van der Waals surface area contributed by atoms with Crippen molar-refractivity contribution in [3.05, 3.63) is 33.4 Å². The lowest BCUT2D eigenvalue weighted by molar-refractivity contribution is -0.385. The molecule has 0 bridgehead atoms. The topological polar surface area (TPSA) is 142 Å². The maximum absolute atomic E-state index is 12.3. The number of non-ortho nitro benzene ring substituents is 1. The molecule has 1 aromatic carbocycles. The van der Waals surface area contributed by atoms with Crippen LogP contribution in [-0.4, -0.2) is 41.3 Å². The lowest BCUT2D eigenvalue weighted by Gasteiger charge is -2.23. The summed E-state index contributed by atoms with van der Waals surface area (Å²) >= 11 is 0. The Kier molecular flexibility index (Phi) is 4.49. The molecule has 4 amide bonds. The maximum Gasteiger partial charge on any atom is 0.331 e. The third kappa shape index (κ3) is 3.02. The average Bonchev–Trinajstić information content (AvgIpc) is 2.52. The summed E-state index contributed by atoms with van der Waals surface area (Å²) in [7, 11) is 1.15. The third-order valence-corrected chi connectivity index (χ3v) is 3.18. The lowest BCUT2D eigenvalue weighted by atomic mass is 10.1. The van der Waals surface area contributed by atoms with E-state index in [0.29, 0.717) is 4.90 Å². The zero-order valence-electron chi connectivity index (χ0n) is 12.7. The van der Waals surface area contributed by atoms with Crippen molar-refractivity contribution in [1.29, 1.82) is 0 Å². The molecule has 1 aliphatic rings. The van der Waals surface area contributed by atoms with Gasteiger partial charge in [0.1, 0.15) is 11.3 Å². The van der Waals surface area contributed by atoms with Crippen molar-refractivity contribution in [3.63, 3.8) is 0 Å². The first-order valence-corrected chi connectivity index (χ1v) is 6.73. The van der Waals surface area contributed by atoms with E-state index < -0.39 is 39.8 Å². The molecular weight excluding hydrogens is 322 g/mol. The first-order chi connectivity index (χ1) is 11.3. The van der Waals surface area contributed by atoms with Crippen LogP contribution < -0.4 is 15.2 Å². The van der Waals surface area contributed by atoms with Crippen LogP contribution in [0.15, 0.2) is 17.7 Å². The van der Waals surface area contributed by atoms with Gasteiger partial charge in [-0.25, -0.2) is 4.79 Å². The van der Waals surface area contributed by atoms with Crippen LogP contribution in [0.2, 0.25) is 0 Å². The number of amides is 4. The highest BCUT2D eigenvalue weighted by Gasteiger charge is 2.33. The van der Waals surface area contributed by atoms with Gasteiger partial charge < -0.3 is 9.84 Å². The number of imide groups is 2. The number of nitro benzene ring substituents is 1. The van der Waals surface area contributed by atoms with Crippen molar-refractivity contribution in [3.8, 4) is 11.5 Å². The van der Waals surface area contributed by atoms with Gasteiger partial charge in [-0.3, -0.25) is 29.9 Å². The van der Waals surface area contributed by atoms with E-state index in [1.165, 1.54) is 0 Å². The highest BCUT2D eigenvalue weighted by Crippen LogP contribution is 2.34. The minimum Gasteiger partial charge on any atom is -0.870 e. The predicted octanol–water partition coefficient (Wildman–Crippen LogP) is 0.159. The van der Waals surface area contributed by atoms with Gasteiger partial charge in [0.15, 0.2) is 0 Å². The van der Waals surface area contributed by atoms with Crippen molar-refractivity contribution in [2.75, 3.05) is 13.7 Å². The number of rotatable bonds is 4. The quantitative estimate of drug-likeness (QED) is 0.357. The fourth-order valence-electron chi connectivity index (χ4n) is 1.99. The van der Waals surface area contributed by atoms with Crippen LogP contribution in [0.3, 0.4) is 0 Å². The molecule has 0 aromatic heterocycles. The van der Waals surface area contributed by atoms with Gasteiger partial charge in [-0.1, -0.05) is 5.75 Å². The Morgan fingerprint density at radius 2 is 2.00 bits per heavy atom. The molecule has 10 heteroatoms. The van der Waals surface area contributed by atoms with Crippen LogP contribution in [0.25, 0.3) is 6.08 Å². The fraction of sp³-hybridized carbons (Fsp3) is 0.214. The second kappa shape index (κ2) is 6.36. The van der Waals surface area contributed by atoms with Crippen LogP contribution in [0.1, 0.15) is 12.5 Å². The molecule has 10 nitrogen and oxygen atoms in total. The zero-order valence-corrected chi connectivity index (χ0v) is 12.7. The number of urea groups is 1. The SMILES string of the molecule is CCOc1cc([N+](=O)[O-])cc(/C=C2/C(=O)NC(=O)N(C)C2=O)c1[O-]. The molecule has 0 aliphatic carbocycles. The Hall–Kier alpha value is -3.43. The number of barbiturate groups is 1. The summed E-state index contributed by atoms with van der Waals surface area (Å²) in [6.45, 7) is 1.69. The van der Waals surface area contributed by atoms with Crippen LogP contribution in [0.5, 0.6) is 11.5 Å². The summed E-state index contributed by atoms with van der Waals surface area (Å²) in [4.78, 5) is 46.0. The van der Waals surface area contributed by atoms with E-state index in [-0.39, 0.29) is 17.9 Å². The number of benzene rings is 1. The van der Waals surface area contributed by atoms with Crippen LogP contribution >= 0.6 is 0 Å². The highest BCUT2D eigenvalue weighted by atomic mass is 16.6. The number of nitro groups is 1. The van der Waals surface area contributed by atoms with Gasteiger partial charge in [0.2, 0.25) is 0 Å². The van der Waals surface area contributed by atoms with E-state index >= 15 is 0 Å². The molecule has 1 fully saturated rings. The summed E-state index contributed by atoms with van der Waals surface area (Å²) in [5, 5.41) is 25.1. The Labute approximate surface area is 135 Å². The van der Waals surface area contributed by atoms with Gasteiger partial charge in [0, 0.05) is 13.1 Å². The molecule has 0 atom stereocenters. The average molecular weight is 334 g/mol. The Morgan fingerprint density at radius 3 is 2.58 bits per heavy atom. The van der Waals surface area contributed by atoms with Crippen LogP contribution in [-0.2, 0) is 9.59 Å². The van der Waals surface area contributed by atoms with Crippen molar-refractivity contribution < 1.29 is 29.2 Å². The van der Waals surface area contributed by atoms with Crippen molar-refractivity contribution in [1.82, 2.24) is 10.2 Å². The number of nitrogens with one attached hydrogen (secondary N) is 1. The monoisotopic (exact) mass is 334 g/mol. The molecule has 0 unspecified atom stereocenters. The minimum atomic E-state index is -0.994. The molecule has 0 saturated carbocycles. The fourth-order valence-corrected chi connectivity index (χ4v) is 1.99. The number of hydrogen-bond donors (Lipinski definition) is 1. The van der Waals surface area contributed by atoms with Gasteiger partial charge in [0.05, 0.1) is 17.6 Å². The molecular formula is C14H12N3O7-. The van der Waals surface area contributed by atoms with Gasteiger partial charge in [-0.2, -0.15) is 0 Å². The number of hydrogen-bond acceptors (Lipinski definition) is 7. The van der Waals surface area contributed by atoms with E-state index in [1.807, 2.05) is 5.32 Å². The molecule has 24 heavy (non-hydrogen) atoms. The molecule has 126 valence electrons. The van der Waals surface area contributed by atoms with Gasteiger partial charge in [-0.15, -0.1) is 0 Å². The number of likely N-dealkylation sites (N-methyl/N-ethyl adjacent to an activating group) is 1. The summed E-state index contributed by atoms with van der Waals surface area (Å²) < 4.78 is 5.05. The molecule has 1 saturated heterocycles. The Bertz CT molecular complexity index is 785. The second-order valence-electron chi connectivity index (χ2n) is 4.73. The number of ether oxygens (including phenoxy) is 1. The predicted molar refractivity (Wildman–Crippen MR) is 78.0 cm³/mol. The maximum atomic E-state index is 12.3. The molecule has 1 aromatic rings. The minimum absolute atomic E-state index is 0.100. The van der Waals surface area contributed by atoms with E-state index in [4.69, 9.17) is 4.74 Å². The smallest absolute Gasteiger partial charge is 0.331 e. The summed E-state index contributed by atoms with van der Waals surface area (Å²) in [6.07, 6.45) is 0.901. The van der Waals surface area contributed by atoms with Crippen molar-refractivity contribution in [2.45, 2.75) is 6.92 Å². The molecule has 1 N–H and O–H groups in total. The number of carbonyl (C=O) groups excluding carboxylic acids is 3. The summed E-state index contributed by atoms with van der Waals surface area (Å²) in [6, 6.07) is 0.986. The lowest BCUT2D eigenvalue weighted by Crippen LogP contribution is -2.52. The number of carbonyl (C=O) groups is 3. The second-order valence-corrected chi connectivity index (χ2v) is 4.73. The van der Waals surface area contributed by atoms with Gasteiger partial charge >= 0.3 is 6.03 Å². The highest BCUT2D eigenvalue weighted by molar-refractivity contribution is 6.30. The third-order valence-electron chi connectivity index (χ3n) is 3.18. The molecule has 2 rings (SSSR count). The molecule has 0 spiro atoms. The van der Waals surface area contributed by atoms with E-state index in [1.54, 1.807) is 6.92 Å².